The zero-order valence-electron chi connectivity index (χ0n) is 13.4. The molecule has 23 heavy (non-hydrogen) atoms. The molecular formula is C15H21N3O4S. The molecule has 1 fully saturated rings. The second-order valence-corrected chi connectivity index (χ2v) is 8.60. The summed E-state index contributed by atoms with van der Waals surface area (Å²) in [4.78, 5) is 31.1. The van der Waals surface area contributed by atoms with Gasteiger partial charge in [0.1, 0.15) is 5.82 Å². The molecule has 1 aromatic rings. The summed E-state index contributed by atoms with van der Waals surface area (Å²) in [6.07, 6.45) is 1.42. The number of nitrogens with zero attached hydrogens (tertiary/aromatic N) is 3. The summed E-state index contributed by atoms with van der Waals surface area (Å²) in [5, 5.41) is 0. The summed E-state index contributed by atoms with van der Waals surface area (Å²) < 4.78 is 24.7. The molecular weight excluding hydrogens is 318 g/mol. The third-order valence-electron chi connectivity index (χ3n) is 4.84. The van der Waals surface area contributed by atoms with Gasteiger partial charge in [0, 0.05) is 32.1 Å². The Balaban J connectivity index is 1.79. The van der Waals surface area contributed by atoms with Crippen molar-refractivity contribution in [1.29, 1.82) is 0 Å². The van der Waals surface area contributed by atoms with Gasteiger partial charge in [-0.15, -0.1) is 0 Å². The number of amides is 1. The Kier molecular flexibility index (Phi) is 4.03. The fraction of sp³-hybridized carbons (Fsp3) is 0.667. The van der Waals surface area contributed by atoms with E-state index in [9.17, 15) is 18.0 Å². The molecule has 8 heteroatoms. The van der Waals surface area contributed by atoms with Gasteiger partial charge < -0.3 is 4.90 Å². The molecule has 0 aliphatic carbocycles. The Labute approximate surface area is 135 Å². The minimum absolute atomic E-state index is 0.0472. The number of hydrogen-bond acceptors (Lipinski definition) is 5. The lowest BCUT2D eigenvalue weighted by atomic mass is 10.1. The molecule has 0 unspecified atom stereocenters. The van der Waals surface area contributed by atoms with E-state index in [0.29, 0.717) is 43.7 Å². The van der Waals surface area contributed by atoms with Gasteiger partial charge in [-0.1, -0.05) is 0 Å². The van der Waals surface area contributed by atoms with E-state index in [1.165, 1.54) is 4.57 Å². The molecule has 1 amide bonds. The van der Waals surface area contributed by atoms with Crippen molar-refractivity contribution in [1.82, 2.24) is 14.5 Å². The van der Waals surface area contributed by atoms with Crippen molar-refractivity contribution in [3.8, 4) is 0 Å². The molecule has 0 saturated carbocycles. The van der Waals surface area contributed by atoms with E-state index in [1.807, 2.05) is 0 Å². The summed E-state index contributed by atoms with van der Waals surface area (Å²) in [6.45, 7) is 2.73. The van der Waals surface area contributed by atoms with Gasteiger partial charge in [0.25, 0.3) is 5.56 Å². The topological polar surface area (TPSA) is 89.3 Å². The number of sulfone groups is 1. The Bertz CT molecular complexity index is 813. The summed E-state index contributed by atoms with van der Waals surface area (Å²) in [5.41, 5.74) is 1.39. The average Bonchev–Trinajstić information content (AvgIpc) is 2.73. The molecule has 1 aromatic heterocycles. The van der Waals surface area contributed by atoms with Crippen LogP contribution >= 0.6 is 0 Å². The van der Waals surface area contributed by atoms with E-state index in [-0.39, 0.29) is 23.0 Å². The smallest absolute Gasteiger partial charge is 0.256 e. The van der Waals surface area contributed by atoms with E-state index < -0.39 is 15.8 Å². The highest BCUT2D eigenvalue weighted by Gasteiger charge is 2.36. The normalized spacial score (nSPS) is 23.4. The Morgan fingerprint density at radius 3 is 2.61 bits per heavy atom. The van der Waals surface area contributed by atoms with Crippen molar-refractivity contribution in [2.45, 2.75) is 26.2 Å². The molecule has 0 bridgehead atoms. The van der Waals surface area contributed by atoms with Crippen molar-refractivity contribution in [3.05, 3.63) is 27.4 Å². The first kappa shape index (κ1) is 16.2. The largest absolute Gasteiger partial charge is 0.342 e. The summed E-state index contributed by atoms with van der Waals surface area (Å²) in [6, 6.07) is 0. The maximum atomic E-state index is 12.6. The first-order chi connectivity index (χ1) is 10.8. The first-order valence-electron chi connectivity index (χ1n) is 7.83. The van der Waals surface area contributed by atoms with Crippen LogP contribution in [-0.4, -0.2) is 53.4 Å². The van der Waals surface area contributed by atoms with Crippen LogP contribution in [0, 0.1) is 12.8 Å². The van der Waals surface area contributed by atoms with Crippen molar-refractivity contribution >= 4 is 15.7 Å². The first-order valence-corrected chi connectivity index (χ1v) is 9.65. The van der Waals surface area contributed by atoms with Gasteiger partial charge in [-0.05, 0) is 19.8 Å². The van der Waals surface area contributed by atoms with Crippen LogP contribution in [-0.2, 0) is 34.5 Å². The predicted molar refractivity (Wildman–Crippen MR) is 85.0 cm³/mol. The van der Waals surface area contributed by atoms with Gasteiger partial charge in [-0.25, -0.2) is 13.4 Å². The fourth-order valence-electron chi connectivity index (χ4n) is 3.34. The van der Waals surface area contributed by atoms with Crippen molar-refractivity contribution in [2.75, 3.05) is 24.6 Å². The van der Waals surface area contributed by atoms with Crippen LogP contribution in [0.3, 0.4) is 0 Å². The second-order valence-electron chi connectivity index (χ2n) is 6.37. The fourth-order valence-corrected chi connectivity index (χ4v) is 5.07. The maximum absolute atomic E-state index is 12.6. The van der Waals surface area contributed by atoms with Gasteiger partial charge >= 0.3 is 0 Å². The van der Waals surface area contributed by atoms with Crippen molar-refractivity contribution in [2.24, 2.45) is 13.0 Å². The molecule has 0 aromatic carbocycles. The molecule has 2 aliphatic rings. The Morgan fingerprint density at radius 2 is 1.96 bits per heavy atom. The van der Waals surface area contributed by atoms with Gasteiger partial charge in [0.2, 0.25) is 5.91 Å². The van der Waals surface area contributed by atoms with Crippen LogP contribution in [0.4, 0.5) is 0 Å². The lowest BCUT2D eigenvalue weighted by molar-refractivity contribution is -0.134. The van der Waals surface area contributed by atoms with Gasteiger partial charge in [-0.2, -0.15) is 0 Å². The van der Waals surface area contributed by atoms with Crippen LogP contribution in [0.15, 0.2) is 4.79 Å². The highest BCUT2D eigenvalue weighted by molar-refractivity contribution is 7.91. The number of aromatic nitrogens is 2. The minimum Gasteiger partial charge on any atom is -0.342 e. The summed E-state index contributed by atoms with van der Waals surface area (Å²) in [5.74, 6) is 0.175. The van der Waals surface area contributed by atoms with Crippen LogP contribution in [0.5, 0.6) is 0 Å². The lowest BCUT2D eigenvalue weighted by Crippen LogP contribution is -2.38. The average molecular weight is 339 g/mol. The molecule has 3 heterocycles. The van der Waals surface area contributed by atoms with Crippen LogP contribution in [0.25, 0.3) is 0 Å². The molecule has 7 nitrogen and oxygen atoms in total. The van der Waals surface area contributed by atoms with Gasteiger partial charge in [0.05, 0.1) is 23.1 Å². The molecule has 2 aliphatic heterocycles. The summed E-state index contributed by atoms with van der Waals surface area (Å²) in [7, 11) is -1.38. The quantitative estimate of drug-likeness (QED) is 0.685. The number of hydrogen-bond donors (Lipinski definition) is 0. The number of fused-ring (bicyclic) bond motifs is 1. The van der Waals surface area contributed by atoms with E-state index in [4.69, 9.17) is 0 Å². The predicted octanol–water partition coefficient (Wildman–Crippen LogP) is -0.549. The Morgan fingerprint density at radius 1 is 1.26 bits per heavy atom. The number of rotatable bonds is 1. The van der Waals surface area contributed by atoms with E-state index in [1.54, 1.807) is 18.9 Å². The highest BCUT2D eigenvalue weighted by atomic mass is 32.2. The Hall–Kier alpha value is -1.70. The molecule has 0 N–H and O–H groups in total. The molecule has 3 rings (SSSR count). The monoisotopic (exact) mass is 339 g/mol. The third-order valence-corrected chi connectivity index (χ3v) is 6.60. The lowest BCUT2D eigenvalue weighted by Gasteiger charge is -2.23. The zero-order chi connectivity index (χ0) is 16.8. The van der Waals surface area contributed by atoms with E-state index >= 15 is 0 Å². The van der Waals surface area contributed by atoms with Gasteiger partial charge in [-0.3, -0.25) is 14.2 Å². The number of carbonyl (C=O) groups is 1. The summed E-state index contributed by atoms with van der Waals surface area (Å²) >= 11 is 0. The van der Waals surface area contributed by atoms with Crippen LogP contribution in [0.2, 0.25) is 0 Å². The van der Waals surface area contributed by atoms with Crippen LogP contribution < -0.4 is 5.56 Å². The molecule has 1 atom stereocenters. The molecule has 0 spiro atoms. The molecule has 1 saturated heterocycles. The standard InChI is InChI=1S/C15H21N3O4S/c1-10-16-13-4-7-18(6-3-12(13)15(20)17(10)2)14(19)11-5-8-23(21,22)9-11/h11H,3-9H2,1-2H3/t11-/m0/s1. The zero-order valence-corrected chi connectivity index (χ0v) is 14.2. The number of aryl methyl sites for hydroxylation is 1. The van der Waals surface area contributed by atoms with Crippen molar-refractivity contribution < 1.29 is 13.2 Å². The minimum atomic E-state index is -3.07. The van der Waals surface area contributed by atoms with Gasteiger partial charge in [0.15, 0.2) is 9.84 Å². The molecule has 126 valence electrons. The number of carbonyl (C=O) groups excluding carboxylic acids is 1. The van der Waals surface area contributed by atoms with E-state index in [2.05, 4.69) is 4.98 Å². The maximum Gasteiger partial charge on any atom is 0.256 e. The third kappa shape index (κ3) is 3.04. The highest BCUT2D eigenvalue weighted by Crippen LogP contribution is 2.22. The SMILES string of the molecule is Cc1nc2c(c(=O)n1C)CCN(C(=O)[C@H]1CCS(=O)(=O)C1)CC2. The van der Waals surface area contributed by atoms with Crippen molar-refractivity contribution in [3.63, 3.8) is 0 Å². The second kappa shape index (κ2) is 5.74. The van der Waals surface area contributed by atoms with Crippen LogP contribution in [0.1, 0.15) is 23.5 Å². The molecule has 0 radical (unpaired) electrons. The van der Waals surface area contributed by atoms with E-state index in [0.717, 1.165) is 5.69 Å².